The third-order valence-corrected chi connectivity index (χ3v) is 4.29. The Morgan fingerprint density at radius 1 is 1.28 bits per heavy atom. The van der Waals surface area contributed by atoms with Crippen LogP contribution in [0.5, 0.6) is 0 Å². The van der Waals surface area contributed by atoms with E-state index < -0.39 is 23.6 Å². The largest absolute Gasteiger partial charge is 0.444 e. The van der Waals surface area contributed by atoms with E-state index >= 15 is 0 Å². The van der Waals surface area contributed by atoms with E-state index in [4.69, 9.17) is 16.3 Å². The Morgan fingerprint density at radius 3 is 2.55 bits per heavy atom. The summed E-state index contributed by atoms with van der Waals surface area (Å²) in [6.45, 7) is 8.55. The number of H-pyrrole nitrogens is 1. The van der Waals surface area contributed by atoms with Gasteiger partial charge in [-0.25, -0.2) is 4.79 Å². The number of aromatic amines is 1. The van der Waals surface area contributed by atoms with Crippen molar-refractivity contribution in [3.05, 3.63) is 46.1 Å². The monoisotopic (exact) mass is 420 g/mol. The predicted molar refractivity (Wildman–Crippen MR) is 110 cm³/mol. The summed E-state index contributed by atoms with van der Waals surface area (Å²) in [7, 11) is 0. The van der Waals surface area contributed by atoms with Gasteiger partial charge >= 0.3 is 6.09 Å². The van der Waals surface area contributed by atoms with Gasteiger partial charge in [0, 0.05) is 12.0 Å². The molecule has 0 radical (unpaired) electrons. The van der Waals surface area contributed by atoms with Crippen LogP contribution in [0.4, 0.5) is 10.6 Å². The van der Waals surface area contributed by atoms with E-state index in [9.17, 15) is 14.4 Å². The molecular formula is C20H25ClN4O4. The molecule has 0 spiro atoms. The second-order valence-electron chi connectivity index (χ2n) is 7.67. The van der Waals surface area contributed by atoms with Crippen LogP contribution < -0.4 is 10.6 Å². The lowest BCUT2D eigenvalue weighted by atomic mass is 9.99. The minimum Gasteiger partial charge on any atom is -0.444 e. The number of nitrogens with one attached hydrogen (secondary N) is 3. The number of halogens is 1. The molecule has 0 unspecified atom stereocenters. The van der Waals surface area contributed by atoms with Crippen LogP contribution in [0.15, 0.2) is 24.4 Å². The maximum absolute atomic E-state index is 12.7. The van der Waals surface area contributed by atoms with E-state index in [1.165, 1.54) is 0 Å². The average molecular weight is 421 g/mol. The van der Waals surface area contributed by atoms with Crippen LogP contribution >= 0.6 is 11.6 Å². The van der Waals surface area contributed by atoms with Crippen molar-refractivity contribution in [2.45, 2.75) is 52.7 Å². The lowest BCUT2D eigenvalue weighted by Gasteiger charge is -2.21. The molecule has 3 N–H and O–H groups in total. The number of ketones is 1. The Labute approximate surface area is 174 Å². The fourth-order valence-corrected chi connectivity index (χ4v) is 2.80. The number of carbonyl (C=O) groups is 3. The normalized spacial score (nSPS) is 12.2. The molecule has 1 aromatic heterocycles. The van der Waals surface area contributed by atoms with Crippen LogP contribution in [0.3, 0.4) is 0 Å². The molecule has 0 fully saturated rings. The summed E-state index contributed by atoms with van der Waals surface area (Å²) in [5, 5.41) is 12.0. The molecule has 8 nitrogen and oxygen atoms in total. The van der Waals surface area contributed by atoms with E-state index in [1.54, 1.807) is 59.0 Å². The zero-order chi connectivity index (χ0) is 21.8. The van der Waals surface area contributed by atoms with Gasteiger partial charge in [0.25, 0.3) is 5.91 Å². The first-order chi connectivity index (χ1) is 13.5. The number of Topliss-reactive ketones (excluding diaryl/α,β-unsaturated/α-hetero) is 1. The number of hydrogen-bond acceptors (Lipinski definition) is 5. The van der Waals surface area contributed by atoms with Crippen molar-refractivity contribution in [1.82, 2.24) is 15.5 Å². The minimum atomic E-state index is -0.797. The average Bonchev–Trinajstić information content (AvgIpc) is 2.97. The highest BCUT2D eigenvalue weighted by atomic mass is 35.5. The SMILES string of the molecule is Cc1cn[nH]c1NC(=O)c1c(Cl)cccc1CC(=O)[C@H](C)NC(=O)OC(C)(C)C. The molecule has 1 aromatic carbocycles. The fraction of sp³-hybridized carbons (Fsp3) is 0.400. The molecule has 0 aliphatic rings. The highest BCUT2D eigenvalue weighted by Crippen LogP contribution is 2.23. The number of aryl methyl sites for hydroxylation is 1. The van der Waals surface area contributed by atoms with Gasteiger partial charge in [0.15, 0.2) is 5.78 Å². The van der Waals surface area contributed by atoms with Crippen LogP contribution in [-0.2, 0) is 16.0 Å². The van der Waals surface area contributed by atoms with Gasteiger partial charge in [0.05, 0.1) is 22.8 Å². The lowest BCUT2D eigenvalue weighted by Crippen LogP contribution is -2.42. The predicted octanol–water partition coefficient (Wildman–Crippen LogP) is 3.65. The first-order valence-corrected chi connectivity index (χ1v) is 9.46. The number of hydrogen-bond donors (Lipinski definition) is 3. The molecule has 1 atom stereocenters. The Bertz CT molecular complexity index is 917. The molecule has 2 rings (SSSR count). The maximum atomic E-state index is 12.7. The van der Waals surface area contributed by atoms with Gasteiger partial charge < -0.3 is 15.4 Å². The van der Waals surface area contributed by atoms with E-state index in [2.05, 4.69) is 20.8 Å². The first-order valence-electron chi connectivity index (χ1n) is 9.09. The molecule has 2 amide bonds. The molecule has 0 saturated heterocycles. The van der Waals surface area contributed by atoms with Gasteiger partial charge in [-0.15, -0.1) is 0 Å². The van der Waals surface area contributed by atoms with Gasteiger partial charge in [0.2, 0.25) is 0 Å². The smallest absolute Gasteiger partial charge is 0.408 e. The highest BCUT2D eigenvalue weighted by Gasteiger charge is 2.24. The number of nitrogens with zero attached hydrogens (tertiary/aromatic N) is 1. The quantitative estimate of drug-likeness (QED) is 0.660. The Balaban J connectivity index is 2.13. The Hall–Kier alpha value is -2.87. The van der Waals surface area contributed by atoms with Gasteiger partial charge in [-0.3, -0.25) is 14.7 Å². The van der Waals surface area contributed by atoms with Crippen molar-refractivity contribution in [1.29, 1.82) is 0 Å². The summed E-state index contributed by atoms with van der Waals surface area (Å²) in [6.07, 6.45) is 0.816. The third-order valence-electron chi connectivity index (χ3n) is 3.98. The van der Waals surface area contributed by atoms with Crippen molar-refractivity contribution in [3.63, 3.8) is 0 Å². The summed E-state index contributed by atoms with van der Waals surface area (Å²) in [4.78, 5) is 37.2. The zero-order valence-electron chi connectivity index (χ0n) is 17.1. The summed E-state index contributed by atoms with van der Waals surface area (Å²) < 4.78 is 5.16. The van der Waals surface area contributed by atoms with Gasteiger partial charge in [-0.1, -0.05) is 23.7 Å². The van der Waals surface area contributed by atoms with Gasteiger partial charge in [0.1, 0.15) is 11.4 Å². The number of carbonyl (C=O) groups excluding carboxylic acids is 3. The molecule has 2 aromatic rings. The van der Waals surface area contributed by atoms with Gasteiger partial charge in [-0.2, -0.15) is 5.10 Å². The number of alkyl carbamates (subject to hydrolysis) is 1. The molecular weight excluding hydrogens is 396 g/mol. The molecule has 156 valence electrons. The van der Waals surface area contributed by atoms with E-state index in [1.807, 2.05) is 0 Å². The molecule has 9 heteroatoms. The fourth-order valence-electron chi connectivity index (χ4n) is 2.52. The van der Waals surface area contributed by atoms with Gasteiger partial charge in [-0.05, 0) is 46.2 Å². The lowest BCUT2D eigenvalue weighted by molar-refractivity contribution is -0.120. The van der Waals surface area contributed by atoms with Crippen molar-refractivity contribution < 1.29 is 19.1 Å². The van der Waals surface area contributed by atoms with E-state index in [0.29, 0.717) is 11.4 Å². The van der Waals surface area contributed by atoms with Crippen LogP contribution in [0.25, 0.3) is 0 Å². The number of amides is 2. The summed E-state index contributed by atoms with van der Waals surface area (Å²) in [5.41, 5.74) is 0.741. The number of anilines is 1. The van der Waals surface area contributed by atoms with Crippen molar-refractivity contribution in [2.24, 2.45) is 0 Å². The van der Waals surface area contributed by atoms with Crippen LogP contribution in [0.2, 0.25) is 5.02 Å². The summed E-state index contributed by atoms with van der Waals surface area (Å²) >= 11 is 6.24. The molecule has 29 heavy (non-hydrogen) atoms. The highest BCUT2D eigenvalue weighted by molar-refractivity contribution is 6.34. The number of aromatic nitrogens is 2. The topological polar surface area (TPSA) is 113 Å². The zero-order valence-corrected chi connectivity index (χ0v) is 17.8. The Kier molecular flexibility index (Phi) is 7.02. The second-order valence-corrected chi connectivity index (χ2v) is 8.07. The second kappa shape index (κ2) is 9.09. The van der Waals surface area contributed by atoms with Crippen LogP contribution in [0.1, 0.15) is 49.2 Å². The minimum absolute atomic E-state index is 0.0811. The van der Waals surface area contributed by atoms with E-state index in [-0.39, 0.29) is 22.8 Å². The van der Waals surface area contributed by atoms with Crippen molar-refractivity contribution in [3.8, 4) is 0 Å². The molecule has 0 aliphatic heterocycles. The molecule has 0 aliphatic carbocycles. The molecule has 1 heterocycles. The summed E-state index contributed by atoms with van der Waals surface area (Å²) in [6, 6.07) is 4.09. The van der Waals surface area contributed by atoms with Crippen LogP contribution in [0, 0.1) is 6.92 Å². The maximum Gasteiger partial charge on any atom is 0.408 e. The summed E-state index contributed by atoms with van der Waals surface area (Å²) in [5.74, 6) is -0.296. The number of rotatable bonds is 6. The first kappa shape index (κ1) is 22.4. The Morgan fingerprint density at radius 2 is 1.97 bits per heavy atom. The molecule has 0 bridgehead atoms. The van der Waals surface area contributed by atoms with E-state index in [0.717, 1.165) is 5.56 Å². The standard InChI is InChI=1S/C20H25ClN4O4/c1-11-10-22-25-17(11)24-18(27)16-13(7-6-8-14(16)21)9-15(26)12(2)23-19(28)29-20(3,4)5/h6-8,10,12H,9H2,1-5H3,(H,23,28)(H2,22,24,25,27)/t12-/m0/s1. The number of ether oxygens (including phenoxy) is 1. The van der Waals surface area contributed by atoms with Crippen molar-refractivity contribution >= 4 is 35.2 Å². The molecule has 0 saturated carbocycles. The van der Waals surface area contributed by atoms with Crippen molar-refractivity contribution in [2.75, 3.05) is 5.32 Å². The number of benzene rings is 1. The third kappa shape index (κ3) is 6.32. The van der Waals surface area contributed by atoms with Crippen LogP contribution in [-0.4, -0.2) is 39.6 Å².